The van der Waals surface area contributed by atoms with E-state index >= 15 is 0 Å². The van der Waals surface area contributed by atoms with Crippen LogP contribution in [-0.4, -0.2) is 43.4 Å². The van der Waals surface area contributed by atoms with Crippen molar-refractivity contribution in [3.8, 4) is 11.5 Å². The van der Waals surface area contributed by atoms with Crippen LogP contribution in [0.4, 0.5) is 5.82 Å². The minimum atomic E-state index is -1.06. The number of aromatic nitrogens is 3. The molecule has 212 valence electrons. The Morgan fingerprint density at radius 3 is 2.73 bits per heavy atom. The summed E-state index contributed by atoms with van der Waals surface area (Å²) in [6.07, 6.45) is 3.73. The summed E-state index contributed by atoms with van der Waals surface area (Å²) in [4.78, 5) is 29.7. The van der Waals surface area contributed by atoms with Crippen molar-refractivity contribution >= 4 is 17.7 Å². The van der Waals surface area contributed by atoms with E-state index in [0.717, 1.165) is 36.5 Å². The number of aliphatic hydroxyl groups excluding tert-OH is 1. The van der Waals surface area contributed by atoms with Crippen LogP contribution in [0, 0.1) is 6.92 Å². The van der Waals surface area contributed by atoms with E-state index in [1.54, 1.807) is 28.9 Å². The fourth-order valence-electron chi connectivity index (χ4n) is 4.89. The maximum absolute atomic E-state index is 13.3. The fourth-order valence-corrected chi connectivity index (χ4v) is 4.89. The molecule has 10 heteroatoms. The second kappa shape index (κ2) is 12.6. The van der Waals surface area contributed by atoms with Gasteiger partial charge in [0, 0.05) is 25.2 Å². The molecule has 1 atom stereocenters. The summed E-state index contributed by atoms with van der Waals surface area (Å²) in [5.74, 6) is 0.492. The van der Waals surface area contributed by atoms with Gasteiger partial charge in [0.05, 0.1) is 36.5 Å². The van der Waals surface area contributed by atoms with E-state index in [1.165, 1.54) is 11.8 Å². The summed E-state index contributed by atoms with van der Waals surface area (Å²) in [5, 5.41) is 30.2. The summed E-state index contributed by atoms with van der Waals surface area (Å²) >= 11 is 0. The Morgan fingerprint density at radius 1 is 1.12 bits per heavy atom. The summed E-state index contributed by atoms with van der Waals surface area (Å²) in [6, 6.07) is 17.8. The number of aryl methyl sites for hydroxylation is 4. The quantitative estimate of drug-likeness (QED) is 0.213. The van der Waals surface area contributed by atoms with Crippen LogP contribution in [0.2, 0.25) is 0 Å². The Kier molecular flexibility index (Phi) is 8.59. The zero-order valence-corrected chi connectivity index (χ0v) is 22.8. The number of benzene rings is 2. The molecule has 1 amide bonds. The molecule has 0 aliphatic carbocycles. The van der Waals surface area contributed by atoms with E-state index < -0.39 is 24.5 Å². The number of hydrogen-bond acceptors (Lipinski definition) is 7. The van der Waals surface area contributed by atoms with E-state index in [-0.39, 0.29) is 12.0 Å². The van der Waals surface area contributed by atoms with Gasteiger partial charge in [-0.3, -0.25) is 14.3 Å². The zero-order valence-electron chi connectivity index (χ0n) is 22.8. The molecule has 3 heterocycles. The van der Waals surface area contributed by atoms with Gasteiger partial charge in [-0.2, -0.15) is 5.10 Å². The first-order valence-electron chi connectivity index (χ1n) is 13.6. The first-order valence-corrected chi connectivity index (χ1v) is 13.6. The number of rotatable bonds is 11. The van der Waals surface area contributed by atoms with E-state index in [1.807, 2.05) is 37.3 Å². The highest BCUT2D eigenvalue weighted by atomic mass is 16.5. The van der Waals surface area contributed by atoms with Gasteiger partial charge in [0.2, 0.25) is 0 Å². The SMILES string of the molecule is Cc1ccc(Oc2cccc(C(CC(=O)O)NC(=O)c3cnn(CCc4ccc5c(n4)NCCC5)c3CO)c2)cc1. The van der Waals surface area contributed by atoms with Crippen LogP contribution in [-0.2, 0) is 30.8 Å². The monoisotopic (exact) mass is 555 g/mol. The standard InChI is InChI=1S/C31H33N5O5/c1-20-7-11-24(12-8-20)41-25-6-2-4-22(16-25)27(17-29(38)39)35-31(40)26-18-33-36(28(26)19-37)15-13-23-10-9-21-5-3-14-32-30(21)34-23/h2,4,6-12,16,18,27,37H,3,5,13-15,17,19H2,1H3,(H,32,34)(H,35,40)(H,38,39). The van der Waals surface area contributed by atoms with Crippen LogP contribution in [0.15, 0.2) is 66.9 Å². The summed E-state index contributed by atoms with van der Waals surface area (Å²) < 4.78 is 7.53. The summed E-state index contributed by atoms with van der Waals surface area (Å²) in [5.41, 5.74) is 4.32. The lowest BCUT2D eigenvalue weighted by Gasteiger charge is -2.19. The third-order valence-electron chi connectivity index (χ3n) is 7.08. The Bertz CT molecular complexity index is 1530. The Labute approximate surface area is 238 Å². The van der Waals surface area contributed by atoms with Crippen LogP contribution in [0.3, 0.4) is 0 Å². The average molecular weight is 556 g/mol. The highest BCUT2D eigenvalue weighted by Crippen LogP contribution is 2.27. The molecule has 2 aromatic heterocycles. The lowest BCUT2D eigenvalue weighted by Crippen LogP contribution is -2.31. The number of ether oxygens (including phenoxy) is 1. The molecule has 4 aromatic rings. The molecule has 0 saturated heterocycles. The average Bonchev–Trinajstić information content (AvgIpc) is 3.40. The van der Waals surface area contributed by atoms with Gasteiger partial charge in [-0.05, 0) is 61.2 Å². The maximum atomic E-state index is 13.3. The summed E-state index contributed by atoms with van der Waals surface area (Å²) in [7, 11) is 0. The van der Waals surface area contributed by atoms with Crippen molar-refractivity contribution in [3.05, 3.63) is 101 Å². The van der Waals surface area contributed by atoms with Gasteiger partial charge in [0.15, 0.2) is 0 Å². The number of hydrogen-bond donors (Lipinski definition) is 4. The third-order valence-corrected chi connectivity index (χ3v) is 7.08. The summed E-state index contributed by atoms with van der Waals surface area (Å²) in [6.45, 7) is 2.92. The van der Waals surface area contributed by atoms with Gasteiger partial charge in [-0.25, -0.2) is 4.98 Å². The smallest absolute Gasteiger partial charge is 0.305 e. The largest absolute Gasteiger partial charge is 0.481 e. The minimum absolute atomic E-state index is 0.190. The molecule has 4 N–H and O–H groups in total. The molecular formula is C31H33N5O5. The minimum Gasteiger partial charge on any atom is -0.481 e. The maximum Gasteiger partial charge on any atom is 0.305 e. The topological polar surface area (TPSA) is 139 Å². The van der Waals surface area contributed by atoms with E-state index in [2.05, 4.69) is 21.8 Å². The van der Waals surface area contributed by atoms with Gasteiger partial charge in [-0.15, -0.1) is 0 Å². The van der Waals surface area contributed by atoms with Crippen LogP contribution in [0.25, 0.3) is 0 Å². The molecule has 1 aliphatic heterocycles. The number of pyridine rings is 1. The highest BCUT2D eigenvalue weighted by molar-refractivity contribution is 5.95. The fraction of sp³-hybridized carbons (Fsp3) is 0.290. The predicted octanol–water partition coefficient (Wildman–Crippen LogP) is 4.42. The molecule has 5 rings (SSSR count). The van der Waals surface area contributed by atoms with Gasteiger partial charge < -0.3 is 25.6 Å². The molecule has 0 radical (unpaired) electrons. The number of carbonyl (C=O) groups is 2. The lowest BCUT2D eigenvalue weighted by molar-refractivity contribution is -0.137. The second-order valence-corrected chi connectivity index (χ2v) is 10.1. The normalized spacial score (nSPS) is 13.1. The van der Waals surface area contributed by atoms with Crippen LogP contribution >= 0.6 is 0 Å². The number of amides is 1. The third kappa shape index (κ3) is 6.90. The number of carbonyl (C=O) groups excluding carboxylic acids is 1. The Morgan fingerprint density at radius 2 is 1.95 bits per heavy atom. The van der Waals surface area contributed by atoms with Crippen molar-refractivity contribution in [2.75, 3.05) is 11.9 Å². The van der Waals surface area contributed by atoms with Crippen LogP contribution in [0.1, 0.15) is 57.3 Å². The Hall–Kier alpha value is -4.70. The van der Waals surface area contributed by atoms with Crippen LogP contribution < -0.4 is 15.4 Å². The van der Waals surface area contributed by atoms with Crippen LogP contribution in [0.5, 0.6) is 11.5 Å². The van der Waals surface area contributed by atoms with Crippen molar-refractivity contribution in [2.45, 2.75) is 51.8 Å². The molecule has 2 aromatic carbocycles. The molecule has 10 nitrogen and oxygen atoms in total. The van der Waals surface area contributed by atoms with Crippen molar-refractivity contribution in [2.24, 2.45) is 0 Å². The van der Waals surface area contributed by atoms with Gasteiger partial charge >= 0.3 is 5.97 Å². The first-order chi connectivity index (χ1) is 19.9. The van der Waals surface area contributed by atoms with E-state index in [9.17, 15) is 19.8 Å². The number of carboxylic acids is 1. The van der Waals surface area contributed by atoms with Crippen molar-refractivity contribution in [1.82, 2.24) is 20.1 Å². The Balaban J connectivity index is 1.30. The number of fused-ring (bicyclic) bond motifs is 1. The molecule has 0 saturated carbocycles. The number of aliphatic carboxylic acids is 1. The van der Waals surface area contributed by atoms with Crippen molar-refractivity contribution in [3.63, 3.8) is 0 Å². The number of aliphatic hydroxyl groups is 1. The first kappa shape index (κ1) is 27.9. The molecule has 0 fully saturated rings. The van der Waals surface area contributed by atoms with Crippen molar-refractivity contribution in [1.29, 1.82) is 0 Å². The van der Waals surface area contributed by atoms with Gasteiger partial charge in [0.25, 0.3) is 5.91 Å². The second-order valence-electron chi connectivity index (χ2n) is 10.1. The van der Waals surface area contributed by atoms with Gasteiger partial charge in [0.1, 0.15) is 17.3 Å². The molecular weight excluding hydrogens is 522 g/mol. The lowest BCUT2D eigenvalue weighted by atomic mass is 10.0. The highest BCUT2D eigenvalue weighted by Gasteiger charge is 2.23. The zero-order chi connectivity index (χ0) is 28.8. The number of anilines is 1. The molecule has 1 unspecified atom stereocenters. The molecule has 0 bridgehead atoms. The number of nitrogens with one attached hydrogen (secondary N) is 2. The number of carboxylic acid groups (broad SMARTS) is 1. The molecule has 1 aliphatic rings. The van der Waals surface area contributed by atoms with Gasteiger partial charge in [-0.1, -0.05) is 35.9 Å². The molecule has 41 heavy (non-hydrogen) atoms. The van der Waals surface area contributed by atoms with E-state index in [4.69, 9.17) is 9.72 Å². The predicted molar refractivity (Wildman–Crippen MR) is 153 cm³/mol. The van der Waals surface area contributed by atoms with Crippen molar-refractivity contribution < 1.29 is 24.5 Å². The number of nitrogens with zero attached hydrogens (tertiary/aromatic N) is 3. The molecule has 0 spiro atoms. The van der Waals surface area contributed by atoms with E-state index in [0.29, 0.717) is 35.7 Å².